The molecule has 24 heavy (non-hydrogen) atoms. The highest BCUT2D eigenvalue weighted by Gasteiger charge is 2.29. The summed E-state index contributed by atoms with van der Waals surface area (Å²) in [7, 11) is 1.59. The van der Waals surface area contributed by atoms with Crippen molar-refractivity contribution in [3.8, 4) is 5.75 Å². The van der Waals surface area contributed by atoms with E-state index in [-0.39, 0.29) is 17.1 Å². The van der Waals surface area contributed by atoms with Crippen LogP contribution < -0.4 is 15.0 Å². The first-order chi connectivity index (χ1) is 11.6. The van der Waals surface area contributed by atoms with Crippen molar-refractivity contribution in [3.05, 3.63) is 23.3 Å². The molecule has 0 fully saturated rings. The average Bonchev–Trinajstić information content (AvgIpc) is 2.59. The lowest BCUT2D eigenvalue weighted by atomic mass is 9.92. The Kier molecular flexibility index (Phi) is 6.25. The second-order valence-electron chi connectivity index (χ2n) is 5.45. The van der Waals surface area contributed by atoms with Gasteiger partial charge in [-0.25, -0.2) is 0 Å². The van der Waals surface area contributed by atoms with Crippen molar-refractivity contribution in [1.82, 2.24) is 5.32 Å². The van der Waals surface area contributed by atoms with Crippen molar-refractivity contribution in [2.24, 2.45) is 0 Å². The topological polar surface area (TPSA) is 75.7 Å². The Labute approximate surface area is 145 Å². The monoisotopic (exact) mass is 350 g/mol. The number of carbonyl (C=O) groups excluding carboxylic acids is 3. The largest absolute Gasteiger partial charge is 0.495 e. The highest BCUT2D eigenvalue weighted by atomic mass is 32.2. The lowest BCUT2D eigenvalue weighted by Gasteiger charge is -2.32. The van der Waals surface area contributed by atoms with Crippen LogP contribution in [0.3, 0.4) is 0 Å². The molecular weight excluding hydrogens is 328 g/mol. The first-order valence-corrected chi connectivity index (χ1v) is 9.12. The van der Waals surface area contributed by atoms with Crippen LogP contribution in [0.2, 0.25) is 0 Å². The zero-order valence-corrected chi connectivity index (χ0v) is 14.9. The standard InChI is InChI=1S/C17H22N2O4S/c1-4-19-15(21)8-6-12-11(5-7-13(23-2)16(12)19)9-14(24-3)17(22)18-10-20/h5,7,10,14H,4,6,8-9H2,1-3H3,(H,18,20,22). The Balaban J connectivity index is 2.42. The Morgan fingerprint density at radius 3 is 2.79 bits per heavy atom. The summed E-state index contributed by atoms with van der Waals surface area (Å²) in [5, 5.41) is 1.86. The quantitative estimate of drug-likeness (QED) is 0.755. The Bertz CT molecular complexity index is 648. The van der Waals surface area contributed by atoms with Gasteiger partial charge in [0.25, 0.3) is 0 Å². The molecule has 0 saturated heterocycles. The Morgan fingerprint density at radius 2 is 2.21 bits per heavy atom. The molecule has 0 aromatic heterocycles. The summed E-state index contributed by atoms with van der Waals surface area (Å²) in [5.41, 5.74) is 2.87. The number of carbonyl (C=O) groups is 3. The molecule has 6 nitrogen and oxygen atoms in total. The molecule has 0 saturated carbocycles. The summed E-state index contributed by atoms with van der Waals surface area (Å²) in [6.45, 7) is 2.50. The van der Waals surface area contributed by atoms with Crippen LogP contribution in [0.1, 0.15) is 24.5 Å². The Hall–Kier alpha value is -2.02. The molecule has 2 rings (SSSR count). The fourth-order valence-electron chi connectivity index (χ4n) is 3.05. The van der Waals surface area contributed by atoms with Crippen molar-refractivity contribution in [3.63, 3.8) is 0 Å². The molecule has 1 aromatic carbocycles. The van der Waals surface area contributed by atoms with Gasteiger partial charge in [-0.2, -0.15) is 11.8 Å². The van der Waals surface area contributed by atoms with Crippen LogP contribution in [0, 0.1) is 0 Å². The molecule has 130 valence electrons. The molecule has 1 aliphatic heterocycles. The summed E-state index contributed by atoms with van der Waals surface area (Å²) >= 11 is 1.40. The molecule has 1 heterocycles. The highest BCUT2D eigenvalue weighted by molar-refractivity contribution is 7.99. The maximum Gasteiger partial charge on any atom is 0.239 e. The third-order valence-corrected chi connectivity index (χ3v) is 5.17. The van der Waals surface area contributed by atoms with Gasteiger partial charge in [0.1, 0.15) is 5.75 Å². The zero-order valence-electron chi connectivity index (χ0n) is 14.1. The molecule has 0 radical (unpaired) electrons. The van der Waals surface area contributed by atoms with E-state index in [0.29, 0.717) is 38.0 Å². The van der Waals surface area contributed by atoms with Crippen LogP contribution in [-0.4, -0.2) is 43.4 Å². The molecule has 1 aliphatic rings. The minimum absolute atomic E-state index is 0.0839. The van der Waals surface area contributed by atoms with Gasteiger partial charge in [-0.1, -0.05) is 6.07 Å². The average molecular weight is 350 g/mol. The van der Waals surface area contributed by atoms with Crippen LogP contribution >= 0.6 is 11.8 Å². The number of anilines is 1. The first kappa shape index (κ1) is 18.3. The number of fused-ring (bicyclic) bond motifs is 1. The van der Waals surface area contributed by atoms with Crippen molar-refractivity contribution in [2.45, 2.75) is 31.4 Å². The number of ether oxygens (including phenoxy) is 1. The fourth-order valence-corrected chi connectivity index (χ4v) is 3.68. The van der Waals surface area contributed by atoms with Gasteiger partial charge in [0, 0.05) is 13.0 Å². The number of thioether (sulfide) groups is 1. The smallest absolute Gasteiger partial charge is 0.239 e. The summed E-state index contributed by atoms with van der Waals surface area (Å²) in [4.78, 5) is 36.4. The molecule has 0 bridgehead atoms. The number of hydrogen-bond donors (Lipinski definition) is 1. The van der Waals surface area contributed by atoms with Gasteiger partial charge in [-0.05, 0) is 43.2 Å². The number of amides is 3. The summed E-state index contributed by atoms with van der Waals surface area (Å²) in [6.07, 6.45) is 3.83. The third kappa shape index (κ3) is 3.56. The zero-order chi connectivity index (χ0) is 17.7. The molecular formula is C17H22N2O4S. The minimum Gasteiger partial charge on any atom is -0.495 e. The van der Waals surface area contributed by atoms with Gasteiger partial charge in [0.15, 0.2) is 0 Å². The maximum atomic E-state index is 12.2. The van der Waals surface area contributed by atoms with Gasteiger partial charge < -0.3 is 9.64 Å². The van der Waals surface area contributed by atoms with Crippen LogP contribution in [0.15, 0.2) is 12.1 Å². The molecule has 1 unspecified atom stereocenters. The van der Waals surface area contributed by atoms with Crippen LogP contribution in [-0.2, 0) is 27.2 Å². The highest BCUT2D eigenvalue weighted by Crippen LogP contribution is 2.39. The summed E-state index contributed by atoms with van der Waals surface area (Å²) in [5.74, 6) is 0.448. The number of imide groups is 1. The number of rotatable bonds is 7. The SMILES string of the molecule is CCN1C(=O)CCc2c(CC(SC)C(=O)NC=O)ccc(OC)c21. The molecule has 1 aromatic rings. The van der Waals surface area contributed by atoms with Gasteiger partial charge in [0.05, 0.1) is 18.0 Å². The van der Waals surface area contributed by atoms with Gasteiger partial charge in [0.2, 0.25) is 18.2 Å². The molecule has 0 spiro atoms. The number of benzene rings is 1. The Morgan fingerprint density at radius 1 is 1.46 bits per heavy atom. The van der Waals surface area contributed by atoms with E-state index >= 15 is 0 Å². The van der Waals surface area contributed by atoms with Gasteiger partial charge >= 0.3 is 0 Å². The van der Waals surface area contributed by atoms with Crippen molar-refractivity contribution < 1.29 is 19.1 Å². The van der Waals surface area contributed by atoms with Crippen LogP contribution in [0.5, 0.6) is 5.75 Å². The molecule has 0 aliphatic carbocycles. The first-order valence-electron chi connectivity index (χ1n) is 7.83. The summed E-state index contributed by atoms with van der Waals surface area (Å²) in [6, 6.07) is 3.78. The van der Waals surface area contributed by atoms with Crippen molar-refractivity contribution >= 4 is 35.7 Å². The third-order valence-electron chi connectivity index (χ3n) is 4.22. The van der Waals surface area contributed by atoms with E-state index in [1.54, 1.807) is 12.0 Å². The predicted octanol–water partition coefficient (Wildman–Crippen LogP) is 1.54. The van der Waals surface area contributed by atoms with E-state index in [4.69, 9.17) is 4.74 Å². The van der Waals surface area contributed by atoms with E-state index in [2.05, 4.69) is 5.32 Å². The van der Waals surface area contributed by atoms with Gasteiger partial charge in [-0.3, -0.25) is 19.7 Å². The lowest BCUT2D eigenvalue weighted by molar-refractivity contribution is -0.125. The van der Waals surface area contributed by atoms with Crippen molar-refractivity contribution in [2.75, 3.05) is 24.8 Å². The van der Waals surface area contributed by atoms with E-state index in [0.717, 1.165) is 16.8 Å². The van der Waals surface area contributed by atoms with E-state index < -0.39 is 0 Å². The van der Waals surface area contributed by atoms with E-state index in [1.807, 2.05) is 25.3 Å². The van der Waals surface area contributed by atoms with Crippen LogP contribution in [0.25, 0.3) is 0 Å². The number of hydrogen-bond acceptors (Lipinski definition) is 5. The maximum absolute atomic E-state index is 12.2. The second kappa shape index (κ2) is 8.19. The summed E-state index contributed by atoms with van der Waals surface area (Å²) < 4.78 is 5.44. The molecule has 1 atom stereocenters. The second-order valence-corrected chi connectivity index (χ2v) is 6.49. The lowest BCUT2D eigenvalue weighted by Crippen LogP contribution is -2.36. The normalized spacial score (nSPS) is 14.8. The number of nitrogens with one attached hydrogen (secondary N) is 1. The number of nitrogens with zero attached hydrogens (tertiary/aromatic N) is 1. The molecule has 1 N–H and O–H groups in total. The molecule has 3 amide bonds. The van der Waals surface area contributed by atoms with Gasteiger partial charge in [-0.15, -0.1) is 0 Å². The van der Waals surface area contributed by atoms with E-state index in [9.17, 15) is 14.4 Å². The minimum atomic E-state index is -0.361. The molecule has 7 heteroatoms. The van der Waals surface area contributed by atoms with E-state index in [1.165, 1.54) is 11.8 Å². The number of methoxy groups -OCH3 is 1. The fraction of sp³-hybridized carbons (Fsp3) is 0.471. The van der Waals surface area contributed by atoms with Crippen LogP contribution in [0.4, 0.5) is 5.69 Å². The van der Waals surface area contributed by atoms with Crippen molar-refractivity contribution in [1.29, 1.82) is 0 Å². The predicted molar refractivity (Wildman–Crippen MR) is 94.6 cm³/mol.